The molecule has 1 rings (SSSR count). The van der Waals surface area contributed by atoms with Gasteiger partial charge in [-0.3, -0.25) is 8.98 Å². The Bertz CT molecular complexity index is 690. The zero-order chi connectivity index (χ0) is 24.0. The molecule has 0 unspecified atom stereocenters. The van der Waals surface area contributed by atoms with Gasteiger partial charge in [0.05, 0.1) is 24.7 Å². The van der Waals surface area contributed by atoms with Gasteiger partial charge in [0.2, 0.25) is 0 Å². The first-order valence-electron chi connectivity index (χ1n) is 12.7. The smallest absolute Gasteiger partial charge is 0.305 e. The summed E-state index contributed by atoms with van der Waals surface area (Å²) in [6.07, 6.45) is 17.0. The number of rotatable bonds is 22. The molecule has 0 aliphatic rings. The molecule has 0 saturated carbocycles. The van der Waals surface area contributed by atoms with E-state index in [2.05, 4.69) is 6.92 Å². The van der Waals surface area contributed by atoms with Gasteiger partial charge in [0.15, 0.2) is 0 Å². The second-order valence-electron chi connectivity index (χ2n) is 8.41. The van der Waals surface area contributed by atoms with Crippen molar-refractivity contribution in [2.24, 2.45) is 0 Å². The highest BCUT2D eigenvalue weighted by Gasteiger charge is 2.13. The van der Waals surface area contributed by atoms with Gasteiger partial charge in [-0.1, -0.05) is 102 Å². The average molecular weight is 485 g/mol. The Balaban J connectivity index is 1.84. The van der Waals surface area contributed by atoms with Crippen LogP contribution in [0.25, 0.3) is 0 Å². The number of ether oxygens (including phenoxy) is 2. The molecule has 0 aliphatic carbocycles. The highest BCUT2D eigenvalue weighted by molar-refractivity contribution is 7.86. The zero-order valence-electron chi connectivity index (χ0n) is 20.5. The van der Waals surface area contributed by atoms with E-state index in [1.54, 1.807) is 18.2 Å². The van der Waals surface area contributed by atoms with Crippen LogP contribution in [0.4, 0.5) is 0 Å². The number of esters is 1. The Morgan fingerprint density at radius 3 is 1.79 bits per heavy atom. The Kier molecular flexibility index (Phi) is 17.9. The van der Waals surface area contributed by atoms with Gasteiger partial charge < -0.3 is 9.47 Å². The number of hydrogen-bond acceptors (Lipinski definition) is 6. The summed E-state index contributed by atoms with van der Waals surface area (Å²) in [5, 5.41) is 0. The van der Waals surface area contributed by atoms with E-state index in [-0.39, 0.29) is 37.3 Å². The van der Waals surface area contributed by atoms with Crippen molar-refractivity contribution in [3.05, 3.63) is 30.3 Å². The second-order valence-corrected chi connectivity index (χ2v) is 10.0. The van der Waals surface area contributed by atoms with E-state index in [0.29, 0.717) is 6.42 Å². The number of hydrogen-bond donors (Lipinski definition) is 0. The zero-order valence-corrected chi connectivity index (χ0v) is 21.3. The first-order chi connectivity index (χ1) is 16.1. The molecule has 190 valence electrons. The maximum absolute atomic E-state index is 11.9. The minimum atomic E-state index is -3.76. The van der Waals surface area contributed by atoms with Crippen molar-refractivity contribution in [3.63, 3.8) is 0 Å². The van der Waals surface area contributed by atoms with Gasteiger partial charge in [-0.05, 0) is 18.6 Å². The van der Waals surface area contributed by atoms with Gasteiger partial charge in [0, 0.05) is 6.42 Å². The molecular formula is C26H44O6S. The Morgan fingerprint density at radius 2 is 1.21 bits per heavy atom. The summed E-state index contributed by atoms with van der Waals surface area (Å²) in [4.78, 5) is 11.9. The van der Waals surface area contributed by atoms with Gasteiger partial charge in [-0.15, -0.1) is 0 Å². The third-order valence-corrected chi connectivity index (χ3v) is 6.80. The maximum atomic E-state index is 11.9. The van der Waals surface area contributed by atoms with E-state index in [4.69, 9.17) is 13.7 Å². The van der Waals surface area contributed by atoms with Crippen LogP contribution in [0.15, 0.2) is 35.2 Å². The molecule has 0 atom stereocenters. The quantitative estimate of drug-likeness (QED) is 0.107. The van der Waals surface area contributed by atoms with Crippen molar-refractivity contribution >= 4 is 16.1 Å². The minimum Gasteiger partial charge on any atom is -0.463 e. The lowest BCUT2D eigenvalue weighted by molar-refractivity contribution is -0.145. The van der Waals surface area contributed by atoms with Crippen LogP contribution < -0.4 is 0 Å². The van der Waals surface area contributed by atoms with Crippen LogP contribution in [-0.4, -0.2) is 40.8 Å². The molecular weight excluding hydrogens is 440 g/mol. The largest absolute Gasteiger partial charge is 0.463 e. The second kappa shape index (κ2) is 20.0. The number of benzene rings is 1. The third-order valence-electron chi connectivity index (χ3n) is 5.47. The summed E-state index contributed by atoms with van der Waals surface area (Å²) in [5.74, 6) is -0.204. The van der Waals surface area contributed by atoms with Crippen LogP contribution in [0.3, 0.4) is 0 Å². The lowest BCUT2D eigenvalue weighted by atomic mass is 10.0. The first-order valence-corrected chi connectivity index (χ1v) is 14.1. The van der Waals surface area contributed by atoms with Crippen molar-refractivity contribution < 1.29 is 26.9 Å². The van der Waals surface area contributed by atoms with Crippen molar-refractivity contribution in [1.29, 1.82) is 0 Å². The highest BCUT2D eigenvalue weighted by atomic mass is 32.2. The van der Waals surface area contributed by atoms with Crippen LogP contribution in [-0.2, 0) is 28.6 Å². The molecule has 1 aromatic rings. The minimum absolute atomic E-state index is 0.0792. The fraction of sp³-hybridized carbons (Fsp3) is 0.731. The average Bonchev–Trinajstić information content (AvgIpc) is 2.82. The fourth-order valence-electron chi connectivity index (χ4n) is 3.53. The van der Waals surface area contributed by atoms with Gasteiger partial charge in [-0.25, -0.2) is 0 Å². The normalized spacial score (nSPS) is 11.5. The van der Waals surface area contributed by atoms with Crippen LogP contribution in [0.5, 0.6) is 0 Å². The Labute approximate surface area is 201 Å². The molecule has 6 nitrogen and oxygen atoms in total. The molecule has 0 heterocycles. The van der Waals surface area contributed by atoms with Crippen LogP contribution in [0, 0.1) is 0 Å². The molecule has 1 aromatic carbocycles. The predicted octanol–water partition coefficient (Wildman–Crippen LogP) is 6.43. The summed E-state index contributed by atoms with van der Waals surface area (Å²) in [7, 11) is -3.76. The third kappa shape index (κ3) is 16.8. The number of unbranched alkanes of at least 4 members (excludes halogenated alkanes) is 12. The molecule has 0 amide bonds. The van der Waals surface area contributed by atoms with Gasteiger partial charge in [0.1, 0.15) is 6.61 Å². The van der Waals surface area contributed by atoms with Gasteiger partial charge in [-0.2, -0.15) is 8.42 Å². The maximum Gasteiger partial charge on any atom is 0.305 e. The lowest BCUT2D eigenvalue weighted by Gasteiger charge is -2.07. The SMILES string of the molecule is CCCCCCCCCCCCCCCC(=O)OCCOCCOS(=O)(=O)c1ccccc1. The first kappa shape index (κ1) is 29.6. The summed E-state index contributed by atoms with van der Waals surface area (Å²) in [6.45, 7) is 2.68. The monoisotopic (exact) mass is 484 g/mol. The molecule has 7 heteroatoms. The van der Waals surface area contributed by atoms with E-state index in [1.807, 2.05) is 0 Å². The van der Waals surface area contributed by atoms with Crippen molar-refractivity contribution in [2.75, 3.05) is 26.4 Å². The molecule has 0 spiro atoms. The standard InChI is InChI=1S/C26H44O6S/c1-2-3-4-5-6-7-8-9-10-11-12-13-17-20-26(27)31-23-21-30-22-24-32-33(28,29)25-18-15-14-16-19-25/h14-16,18-19H,2-13,17,20-24H2,1H3. The van der Waals surface area contributed by atoms with E-state index >= 15 is 0 Å². The van der Waals surface area contributed by atoms with Crippen molar-refractivity contribution in [3.8, 4) is 0 Å². The summed E-state index contributed by atoms with van der Waals surface area (Å²) < 4.78 is 39.2. The molecule has 0 N–H and O–H groups in total. The van der Waals surface area contributed by atoms with E-state index in [0.717, 1.165) is 12.8 Å². The topological polar surface area (TPSA) is 78.9 Å². The van der Waals surface area contributed by atoms with Crippen LogP contribution in [0.2, 0.25) is 0 Å². The molecule has 0 radical (unpaired) electrons. The highest BCUT2D eigenvalue weighted by Crippen LogP contribution is 2.13. The van der Waals surface area contributed by atoms with E-state index in [9.17, 15) is 13.2 Å². The van der Waals surface area contributed by atoms with Crippen molar-refractivity contribution in [2.45, 2.75) is 102 Å². The molecule has 33 heavy (non-hydrogen) atoms. The van der Waals surface area contributed by atoms with Crippen molar-refractivity contribution in [1.82, 2.24) is 0 Å². The Hall–Kier alpha value is -1.44. The number of carbonyl (C=O) groups is 1. The van der Waals surface area contributed by atoms with Crippen LogP contribution in [0.1, 0.15) is 96.8 Å². The molecule has 0 aromatic heterocycles. The van der Waals surface area contributed by atoms with E-state index in [1.165, 1.54) is 82.8 Å². The van der Waals surface area contributed by atoms with Gasteiger partial charge in [0.25, 0.3) is 10.1 Å². The van der Waals surface area contributed by atoms with E-state index < -0.39 is 10.1 Å². The molecule has 0 bridgehead atoms. The number of carbonyl (C=O) groups excluding carboxylic acids is 1. The summed E-state index contributed by atoms with van der Waals surface area (Å²) in [5.41, 5.74) is 0. The molecule has 0 aliphatic heterocycles. The fourth-order valence-corrected chi connectivity index (χ4v) is 4.45. The molecule has 0 saturated heterocycles. The predicted molar refractivity (Wildman–Crippen MR) is 132 cm³/mol. The summed E-state index contributed by atoms with van der Waals surface area (Å²) >= 11 is 0. The van der Waals surface area contributed by atoms with Crippen LogP contribution >= 0.6 is 0 Å². The Morgan fingerprint density at radius 1 is 0.697 bits per heavy atom. The lowest BCUT2D eigenvalue weighted by Crippen LogP contribution is -2.15. The summed E-state index contributed by atoms with van der Waals surface area (Å²) in [6, 6.07) is 7.97. The molecule has 0 fully saturated rings. The van der Waals surface area contributed by atoms with Gasteiger partial charge >= 0.3 is 5.97 Å².